The Morgan fingerprint density at radius 2 is 2.15 bits per heavy atom. The molecule has 0 heterocycles. The van der Waals surface area contributed by atoms with E-state index >= 15 is 0 Å². The predicted molar refractivity (Wildman–Crippen MR) is 52.0 cm³/mol. The van der Waals surface area contributed by atoms with Gasteiger partial charge in [0.05, 0.1) is 13.3 Å². The zero-order valence-corrected chi connectivity index (χ0v) is 7.87. The van der Waals surface area contributed by atoms with E-state index in [0.717, 1.165) is 16.9 Å². The van der Waals surface area contributed by atoms with Gasteiger partial charge in [0.1, 0.15) is 5.75 Å². The van der Waals surface area contributed by atoms with Crippen molar-refractivity contribution in [1.82, 2.24) is 5.43 Å². The monoisotopic (exact) mass is 181 g/mol. The van der Waals surface area contributed by atoms with E-state index in [1.165, 1.54) is 0 Å². The number of aryl methyl sites for hydroxylation is 1. The van der Waals surface area contributed by atoms with Crippen molar-refractivity contribution in [2.75, 3.05) is 7.11 Å². The van der Waals surface area contributed by atoms with Gasteiger partial charge in [-0.3, -0.25) is 5.84 Å². The standard InChI is InChI=1S/C9H15N3O/c1-6-3-4-8(13-2)7(5-6)9(10)12-11/h3-5,9,12H,10-11H2,1-2H3. The molecule has 0 aliphatic rings. The van der Waals surface area contributed by atoms with Gasteiger partial charge >= 0.3 is 0 Å². The molecule has 0 aromatic heterocycles. The zero-order valence-electron chi connectivity index (χ0n) is 7.87. The number of rotatable bonds is 3. The molecule has 72 valence electrons. The van der Waals surface area contributed by atoms with Crippen molar-refractivity contribution >= 4 is 0 Å². The van der Waals surface area contributed by atoms with Gasteiger partial charge in [-0.15, -0.1) is 0 Å². The first-order chi connectivity index (χ1) is 6.19. The van der Waals surface area contributed by atoms with Gasteiger partial charge in [0.15, 0.2) is 0 Å². The lowest BCUT2D eigenvalue weighted by Gasteiger charge is -2.15. The van der Waals surface area contributed by atoms with Gasteiger partial charge in [-0.2, -0.15) is 0 Å². The highest BCUT2D eigenvalue weighted by atomic mass is 16.5. The summed E-state index contributed by atoms with van der Waals surface area (Å²) >= 11 is 0. The number of benzene rings is 1. The van der Waals surface area contributed by atoms with Gasteiger partial charge < -0.3 is 10.5 Å². The third-order valence-electron chi connectivity index (χ3n) is 1.90. The summed E-state index contributed by atoms with van der Waals surface area (Å²) in [6.07, 6.45) is -0.394. The smallest absolute Gasteiger partial charge is 0.125 e. The molecule has 0 radical (unpaired) electrons. The largest absolute Gasteiger partial charge is 0.496 e. The maximum atomic E-state index is 5.72. The molecule has 0 aliphatic heterocycles. The zero-order chi connectivity index (χ0) is 9.84. The highest BCUT2D eigenvalue weighted by molar-refractivity contribution is 5.38. The number of hydrogen-bond donors (Lipinski definition) is 3. The number of nitrogens with two attached hydrogens (primary N) is 2. The average molecular weight is 181 g/mol. The number of methoxy groups -OCH3 is 1. The van der Waals surface area contributed by atoms with Crippen LogP contribution >= 0.6 is 0 Å². The molecular formula is C9H15N3O. The summed E-state index contributed by atoms with van der Waals surface area (Å²) in [5, 5.41) is 0. The van der Waals surface area contributed by atoms with Crippen molar-refractivity contribution < 1.29 is 4.74 Å². The van der Waals surface area contributed by atoms with Crippen LogP contribution in [-0.4, -0.2) is 7.11 Å². The van der Waals surface area contributed by atoms with Crippen LogP contribution in [0.15, 0.2) is 18.2 Å². The van der Waals surface area contributed by atoms with Gasteiger partial charge in [-0.05, 0) is 19.1 Å². The molecule has 1 aromatic rings. The molecule has 0 amide bonds. The molecule has 1 aromatic carbocycles. The third kappa shape index (κ3) is 2.18. The minimum absolute atomic E-state index is 0.394. The highest BCUT2D eigenvalue weighted by Gasteiger charge is 2.09. The van der Waals surface area contributed by atoms with Crippen molar-refractivity contribution in [2.24, 2.45) is 11.6 Å². The molecule has 13 heavy (non-hydrogen) atoms. The van der Waals surface area contributed by atoms with E-state index in [4.69, 9.17) is 16.3 Å². The van der Waals surface area contributed by atoms with Crippen molar-refractivity contribution in [2.45, 2.75) is 13.1 Å². The Morgan fingerprint density at radius 3 is 2.69 bits per heavy atom. The second-order valence-electron chi connectivity index (χ2n) is 2.89. The normalized spacial score (nSPS) is 12.6. The molecular weight excluding hydrogens is 166 g/mol. The van der Waals surface area contributed by atoms with Gasteiger partial charge in [0.25, 0.3) is 0 Å². The molecule has 0 bridgehead atoms. The number of nitrogens with one attached hydrogen (secondary N) is 1. The Bertz CT molecular complexity index is 288. The molecule has 4 nitrogen and oxygen atoms in total. The molecule has 1 rings (SSSR count). The quantitative estimate of drug-likeness (QED) is 0.359. The van der Waals surface area contributed by atoms with E-state index in [1.54, 1.807) is 7.11 Å². The van der Waals surface area contributed by atoms with Crippen molar-refractivity contribution in [3.8, 4) is 5.75 Å². The molecule has 1 atom stereocenters. The fourth-order valence-electron chi connectivity index (χ4n) is 1.19. The summed E-state index contributed by atoms with van der Waals surface area (Å²) in [5.74, 6) is 5.99. The SMILES string of the molecule is COc1ccc(C)cc1C(N)NN. The van der Waals surface area contributed by atoms with E-state index < -0.39 is 6.17 Å². The summed E-state index contributed by atoms with van der Waals surface area (Å²) in [7, 11) is 1.61. The van der Waals surface area contributed by atoms with E-state index in [2.05, 4.69) is 5.43 Å². The van der Waals surface area contributed by atoms with Gasteiger partial charge in [-0.1, -0.05) is 11.6 Å². The summed E-state index contributed by atoms with van der Waals surface area (Å²) in [6.45, 7) is 1.99. The van der Waals surface area contributed by atoms with Crippen LogP contribution in [0.5, 0.6) is 5.75 Å². The summed E-state index contributed by atoms with van der Waals surface area (Å²) in [4.78, 5) is 0. The minimum atomic E-state index is -0.394. The van der Waals surface area contributed by atoms with Crippen LogP contribution in [0.25, 0.3) is 0 Å². The number of ether oxygens (including phenoxy) is 1. The second kappa shape index (κ2) is 4.23. The van der Waals surface area contributed by atoms with E-state index in [1.807, 2.05) is 25.1 Å². The van der Waals surface area contributed by atoms with Gasteiger partial charge in [-0.25, -0.2) is 5.43 Å². The molecule has 1 unspecified atom stereocenters. The van der Waals surface area contributed by atoms with E-state index in [0.29, 0.717) is 0 Å². The van der Waals surface area contributed by atoms with Crippen molar-refractivity contribution in [1.29, 1.82) is 0 Å². The fraction of sp³-hybridized carbons (Fsp3) is 0.333. The van der Waals surface area contributed by atoms with Crippen LogP contribution in [-0.2, 0) is 0 Å². The second-order valence-corrected chi connectivity index (χ2v) is 2.89. The van der Waals surface area contributed by atoms with Crippen LogP contribution in [0.2, 0.25) is 0 Å². The Kier molecular flexibility index (Phi) is 3.25. The van der Waals surface area contributed by atoms with Gasteiger partial charge in [0, 0.05) is 5.56 Å². The lowest BCUT2D eigenvalue weighted by atomic mass is 10.1. The Labute approximate surface area is 77.8 Å². The van der Waals surface area contributed by atoms with Crippen molar-refractivity contribution in [3.63, 3.8) is 0 Å². The Morgan fingerprint density at radius 1 is 1.46 bits per heavy atom. The van der Waals surface area contributed by atoms with Crippen LogP contribution in [0.3, 0.4) is 0 Å². The number of hydrazine groups is 1. The first-order valence-corrected chi connectivity index (χ1v) is 4.05. The molecule has 0 saturated carbocycles. The molecule has 5 N–H and O–H groups in total. The lowest BCUT2D eigenvalue weighted by Crippen LogP contribution is -2.34. The molecule has 0 fully saturated rings. The topological polar surface area (TPSA) is 73.3 Å². The Hall–Kier alpha value is -1.10. The minimum Gasteiger partial charge on any atom is -0.496 e. The first kappa shape index (κ1) is 9.98. The van der Waals surface area contributed by atoms with Crippen LogP contribution in [0.4, 0.5) is 0 Å². The van der Waals surface area contributed by atoms with Crippen LogP contribution in [0, 0.1) is 6.92 Å². The Balaban J connectivity index is 3.07. The maximum Gasteiger partial charge on any atom is 0.125 e. The van der Waals surface area contributed by atoms with Gasteiger partial charge in [0.2, 0.25) is 0 Å². The average Bonchev–Trinajstić information content (AvgIpc) is 2.16. The molecule has 0 saturated heterocycles. The predicted octanol–water partition coefficient (Wildman–Crippen LogP) is 0.424. The van der Waals surface area contributed by atoms with E-state index in [9.17, 15) is 0 Å². The van der Waals surface area contributed by atoms with Crippen LogP contribution < -0.4 is 21.7 Å². The maximum absolute atomic E-state index is 5.72. The molecule has 0 spiro atoms. The van der Waals surface area contributed by atoms with Crippen molar-refractivity contribution in [3.05, 3.63) is 29.3 Å². The summed E-state index contributed by atoms with van der Waals surface area (Å²) in [5.41, 5.74) is 10.2. The molecule has 0 aliphatic carbocycles. The number of hydrogen-bond acceptors (Lipinski definition) is 4. The fourth-order valence-corrected chi connectivity index (χ4v) is 1.19. The van der Waals surface area contributed by atoms with E-state index in [-0.39, 0.29) is 0 Å². The summed E-state index contributed by atoms with van der Waals surface area (Å²) < 4.78 is 5.15. The van der Waals surface area contributed by atoms with Crippen LogP contribution in [0.1, 0.15) is 17.3 Å². The lowest BCUT2D eigenvalue weighted by molar-refractivity contribution is 0.400. The highest BCUT2D eigenvalue weighted by Crippen LogP contribution is 2.22. The first-order valence-electron chi connectivity index (χ1n) is 4.05. The summed E-state index contributed by atoms with van der Waals surface area (Å²) in [6, 6.07) is 5.79. The molecule has 4 heteroatoms. The third-order valence-corrected chi connectivity index (χ3v) is 1.90.